The van der Waals surface area contributed by atoms with Crippen LogP contribution in [0, 0.1) is 12.7 Å². The molecule has 25 heavy (non-hydrogen) atoms. The first-order valence-corrected chi connectivity index (χ1v) is 7.66. The van der Waals surface area contributed by atoms with Gasteiger partial charge in [-0.25, -0.2) is 14.4 Å². The van der Waals surface area contributed by atoms with Gasteiger partial charge in [0.2, 0.25) is 0 Å². The molecule has 1 amide bonds. The SMILES string of the molecule is Cc1nc(NCc2ccccn2)cc(C(=O)Nc2ccc(F)cc2)n1. The number of benzene rings is 1. The number of rotatable bonds is 5. The second-order valence-corrected chi connectivity index (χ2v) is 5.32. The van der Waals surface area contributed by atoms with Crippen LogP contribution in [0.3, 0.4) is 0 Å². The Hall–Kier alpha value is -3.35. The van der Waals surface area contributed by atoms with Gasteiger partial charge in [-0.2, -0.15) is 0 Å². The number of carbonyl (C=O) groups excluding carboxylic acids is 1. The molecule has 2 aromatic heterocycles. The van der Waals surface area contributed by atoms with Gasteiger partial charge >= 0.3 is 0 Å². The third kappa shape index (κ3) is 4.57. The zero-order chi connectivity index (χ0) is 17.6. The summed E-state index contributed by atoms with van der Waals surface area (Å²) in [6.45, 7) is 2.19. The van der Waals surface area contributed by atoms with Gasteiger partial charge in [-0.1, -0.05) is 6.07 Å². The summed E-state index contributed by atoms with van der Waals surface area (Å²) < 4.78 is 12.9. The fourth-order valence-electron chi connectivity index (χ4n) is 2.19. The van der Waals surface area contributed by atoms with Crippen LogP contribution >= 0.6 is 0 Å². The Morgan fingerprint density at radius 1 is 1.12 bits per heavy atom. The van der Waals surface area contributed by atoms with Gasteiger partial charge < -0.3 is 10.6 Å². The van der Waals surface area contributed by atoms with Crippen LogP contribution in [0.2, 0.25) is 0 Å². The summed E-state index contributed by atoms with van der Waals surface area (Å²) in [6.07, 6.45) is 1.71. The molecule has 126 valence electrons. The van der Waals surface area contributed by atoms with Gasteiger partial charge in [-0.3, -0.25) is 9.78 Å². The van der Waals surface area contributed by atoms with Crippen molar-refractivity contribution in [3.05, 3.63) is 77.8 Å². The fourth-order valence-corrected chi connectivity index (χ4v) is 2.19. The first-order chi connectivity index (χ1) is 12.1. The first-order valence-electron chi connectivity index (χ1n) is 7.66. The van der Waals surface area contributed by atoms with Crippen molar-refractivity contribution >= 4 is 17.4 Å². The van der Waals surface area contributed by atoms with Gasteiger partial charge in [0.15, 0.2) is 0 Å². The second-order valence-electron chi connectivity index (χ2n) is 5.32. The highest BCUT2D eigenvalue weighted by Crippen LogP contribution is 2.12. The average Bonchev–Trinajstić information content (AvgIpc) is 2.62. The summed E-state index contributed by atoms with van der Waals surface area (Å²) in [5.74, 6) is 0.243. The molecule has 0 atom stereocenters. The van der Waals surface area contributed by atoms with Gasteiger partial charge in [0.1, 0.15) is 23.2 Å². The Morgan fingerprint density at radius 3 is 2.64 bits per heavy atom. The van der Waals surface area contributed by atoms with Crippen LogP contribution in [0.5, 0.6) is 0 Å². The van der Waals surface area contributed by atoms with E-state index in [-0.39, 0.29) is 11.5 Å². The lowest BCUT2D eigenvalue weighted by atomic mass is 10.3. The number of nitrogens with zero attached hydrogens (tertiary/aromatic N) is 3. The summed E-state index contributed by atoms with van der Waals surface area (Å²) in [5.41, 5.74) is 1.57. The minimum absolute atomic E-state index is 0.223. The molecular weight excluding hydrogens is 321 g/mol. The highest BCUT2D eigenvalue weighted by Gasteiger charge is 2.11. The number of amides is 1. The lowest BCUT2D eigenvalue weighted by Crippen LogP contribution is -2.16. The van der Waals surface area contributed by atoms with Crippen molar-refractivity contribution in [3.8, 4) is 0 Å². The van der Waals surface area contributed by atoms with Crippen molar-refractivity contribution in [2.75, 3.05) is 10.6 Å². The molecule has 3 rings (SSSR count). The molecule has 0 fully saturated rings. The van der Waals surface area contributed by atoms with E-state index < -0.39 is 5.91 Å². The number of aromatic nitrogens is 3. The van der Waals surface area contributed by atoms with Gasteiger partial charge in [0.05, 0.1) is 12.2 Å². The third-order valence-electron chi connectivity index (χ3n) is 3.35. The molecule has 1 aromatic carbocycles. The van der Waals surface area contributed by atoms with Crippen molar-refractivity contribution < 1.29 is 9.18 Å². The third-order valence-corrected chi connectivity index (χ3v) is 3.35. The molecule has 0 radical (unpaired) electrons. The predicted molar refractivity (Wildman–Crippen MR) is 92.7 cm³/mol. The van der Waals surface area contributed by atoms with Crippen molar-refractivity contribution in [3.63, 3.8) is 0 Å². The molecular formula is C18H16FN5O. The van der Waals surface area contributed by atoms with E-state index in [1.54, 1.807) is 19.2 Å². The maximum atomic E-state index is 12.9. The number of anilines is 2. The molecule has 0 spiro atoms. The standard InChI is InChI=1S/C18H16FN5O/c1-12-22-16(18(25)24-14-7-5-13(19)6-8-14)10-17(23-12)21-11-15-4-2-3-9-20-15/h2-10H,11H2,1H3,(H,24,25)(H,21,22,23). The zero-order valence-corrected chi connectivity index (χ0v) is 13.5. The van der Waals surface area contributed by atoms with E-state index in [0.29, 0.717) is 23.9 Å². The molecule has 3 aromatic rings. The largest absolute Gasteiger partial charge is 0.364 e. The van der Waals surface area contributed by atoms with E-state index in [9.17, 15) is 9.18 Å². The molecule has 2 N–H and O–H groups in total. The Labute approximate surface area is 144 Å². The number of halogens is 1. The minimum atomic E-state index is -0.391. The van der Waals surface area contributed by atoms with Gasteiger partial charge in [0, 0.05) is 18.0 Å². The summed E-state index contributed by atoms with van der Waals surface area (Å²) in [6, 6.07) is 12.7. The smallest absolute Gasteiger partial charge is 0.274 e. The topological polar surface area (TPSA) is 79.8 Å². The van der Waals surface area contributed by atoms with E-state index in [0.717, 1.165) is 5.69 Å². The van der Waals surface area contributed by atoms with Crippen LogP contribution in [-0.4, -0.2) is 20.9 Å². The highest BCUT2D eigenvalue weighted by molar-refractivity contribution is 6.03. The van der Waals surface area contributed by atoms with Crippen molar-refractivity contribution in [1.82, 2.24) is 15.0 Å². The zero-order valence-electron chi connectivity index (χ0n) is 13.5. The minimum Gasteiger partial charge on any atom is -0.364 e. The maximum Gasteiger partial charge on any atom is 0.274 e. The Bertz CT molecular complexity index is 868. The molecule has 0 saturated carbocycles. The fraction of sp³-hybridized carbons (Fsp3) is 0.111. The molecule has 2 heterocycles. The summed E-state index contributed by atoms with van der Waals surface area (Å²) >= 11 is 0. The second kappa shape index (κ2) is 7.48. The van der Waals surface area contributed by atoms with Gasteiger partial charge in [-0.05, 0) is 43.3 Å². The van der Waals surface area contributed by atoms with Crippen molar-refractivity contribution in [2.24, 2.45) is 0 Å². The first kappa shape index (κ1) is 16.5. The number of aryl methyl sites for hydroxylation is 1. The van der Waals surface area contributed by atoms with Crippen molar-refractivity contribution in [2.45, 2.75) is 13.5 Å². The van der Waals surface area contributed by atoms with Crippen LogP contribution < -0.4 is 10.6 Å². The van der Waals surface area contributed by atoms with E-state index >= 15 is 0 Å². The van der Waals surface area contributed by atoms with Crippen molar-refractivity contribution in [1.29, 1.82) is 0 Å². The molecule has 0 saturated heterocycles. The van der Waals surface area contributed by atoms with E-state index in [1.807, 2.05) is 18.2 Å². The van der Waals surface area contributed by atoms with Crippen LogP contribution in [0.1, 0.15) is 22.0 Å². The lowest BCUT2D eigenvalue weighted by molar-refractivity contribution is 0.102. The Balaban J connectivity index is 1.72. The number of nitrogens with one attached hydrogen (secondary N) is 2. The number of pyridine rings is 1. The summed E-state index contributed by atoms with van der Waals surface area (Å²) in [7, 11) is 0. The van der Waals surface area contributed by atoms with Crippen LogP contribution in [0.25, 0.3) is 0 Å². The molecule has 0 aliphatic heterocycles. The maximum absolute atomic E-state index is 12.9. The molecule has 0 aliphatic carbocycles. The Morgan fingerprint density at radius 2 is 1.92 bits per heavy atom. The number of hydrogen-bond donors (Lipinski definition) is 2. The summed E-state index contributed by atoms with van der Waals surface area (Å²) in [4.78, 5) is 25.0. The van der Waals surface area contributed by atoms with E-state index in [2.05, 4.69) is 25.6 Å². The Kier molecular flexibility index (Phi) is 4.94. The van der Waals surface area contributed by atoms with Crippen LogP contribution in [0.15, 0.2) is 54.7 Å². The van der Waals surface area contributed by atoms with Crippen LogP contribution in [0.4, 0.5) is 15.9 Å². The normalized spacial score (nSPS) is 10.3. The monoisotopic (exact) mass is 337 g/mol. The molecule has 0 aliphatic rings. The number of hydrogen-bond acceptors (Lipinski definition) is 5. The summed E-state index contributed by atoms with van der Waals surface area (Å²) in [5, 5.41) is 5.80. The lowest BCUT2D eigenvalue weighted by Gasteiger charge is -2.09. The predicted octanol–water partition coefficient (Wildman–Crippen LogP) is 3.18. The van der Waals surface area contributed by atoms with Gasteiger partial charge in [-0.15, -0.1) is 0 Å². The molecule has 7 heteroatoms. The van der Waals surface area contributed by atoms with E-state index in [1.165, 1.54) is 24.3 Å². The molecule has 6 nitrogen and oxygen atoms in total. The quantitative estimate of drug-likeness (QED) is 0.747. The van der Waals surface area contributed by atoms with Gasteiger partial charge in [0.25, 0.3) is 5.91 Å². The molecule has 0 unspecified atom stereocenters. The molecule has 0 bridgehead atoms. The highest BCUT2D eigenvalue weighted by atomic mass is 19.1. The number of carbonyl (C=O) groups is 1. The average molecular weight is 337 g/mol. The van der Waals surface area contributed by atoms with Crippen LogP contribution in [-0.2, 0) is 6.54 Å². The van der Waals surface area contributed by atoms with E-state index in [4.69, 9.17) is 0 Å².